The summed E-state index contributed by atoms with van der Waals surface area (Å²) in [5, 5.41) is 12.9. The van der Waals surface area contributed by atoms with Gasteiger partial charge < -0.3 is 10.4 Å². The van der Waals surface area contributed by atoms with Gasteiger partial charge in [0.1, 0.15) is 5.82 Å². The van der Waals surface area contributed by atoms with E-state index in [1.165, 1.54) is 43.0 Å². The molecule has 1 aliphatic rings. The Hall–Kier alpha value is -3.48. The van der Waals surface area contributed by atoms with Gasteiger partial charge in [-0.2, -0.15) is 0 Å². The number of nitrogens with zero attached hydrogens (tertiary/aromatic N) is 1. The van der Waals surface area contributed by atoms with E-state index in [9.17, 15) is 23.9 Å². The first-order chi connectivity index (χ1) is 12.8. The first-order valence-corrected chi connectivity index (χ1v) is 8.20. The molecule has 2 amide bonds. The minimum Gasteiger partial charge on any atom is -0.503 e. The molecule has 1 aliphatic heterocycles. The number of aliphatic hydroxyl groups excluding tert-OH is 1. The van der Waals surface area contributed by atoms with Gasteiger partial charge in [-0.3, -0.25) is 19.3 Å². The van der Waals surface area contributed by atoms with E-state index in [4.69, 9.17) is 0 Å². The Morgan fingerprint density at radius 2 is 1.63 bits per heavy atom. The molecule has 138 valence electrons. The summed E-state index contributed by atoms with van der Waals surface area (Å²) >= 11 is 0. The predicted molar refractivity (Wildman–Crippen MR) is 97.7 cm³/mol. The van der Waals surface area contributed by atoms with Crippen molar-refractivity contribution in [1.82, 2.24) is 0 Å². The SMILES string of the molecule is CC(=O)Nc1ccc(N2C(=O)C(O)=C(C(C)=O)[C@@H]2c2ccc(F)cc2)cc1. The zero-order valence-electron chi connectivity index (χ0n) is 14.7. The van der Waals surface area contributed by atoms with Crippen LogP contribution in [0.5, 0.6) is 0 Å². The number of nitrogens with one attached hydrogen (secondary N) is 1. The standard InChI is InChI=1S/C20H17FN2O4/c1-11(24)17-18(13-3-5-14(21)6-4-13)23(20(27)19(17)26)16-9-7-15(8-10-16)22-12(2)25/h3-10,18,26H,1-2H3,(H,22,25)/t18-/m0/s1. The number of aliphatic hydroxyl groups is 1. The molecule has 0 unspecified atom stereocenters. The number of hydrogen-bond donors (Lipinski definition) is 2. The quantitative estimate of drug-likeness (QED) is 0.867. The summed E-state index contributed by atoms with van der Waals surface area (Å²) in [7, 11) is 0. The molecule has 6 nitrogen and oxygen atoms in total. The Morgan fingerprint density at radius 3 is 2.15 bits per heavy atom. The molecule has 1 heterocycles. The highest BCUT2D eigenvalue weighted by Crippen LogP contribution is 2.41. The van der Waals surface area contributed by atoms with Gasteiger partial charge in [-0.05, 0) is 48.9 Å². The monoisotopic (exact) mass is 368 g/mol. The molecule has 0 radical (unpaired) electrons. The summed E-state index contributed by atoms with van der Waals surface area (Å²) in [6, 6.07) is 10.9. The summed E-state index contributed by atoms with van der Waals surface area (Å²) in [5.41, 5.74) is 1.41. The van der Waals surface area contributed by atoms with Crippen LogP contribution in [0.1, 0.15) is 25.5 Å². The van der Waals surface area contributed by atoms with Crippen LogP contribution in [0.3, 0.4) is 0 Å². The average molecular weight is 368 g/mol. The fourth-order valence-corrected chi connectivity index (χ4v) is 3.10. The van der Waals surface area contributed by atoms with E-state index in [0.29, 0.717) is 16.9 Å². The van der Waals surface area contributed by atoms with Crippen LogP contribution in [0.15, 0.2) is 59.9 Å². The molecule has 0 saturated heterocycles. The summed E-state index contributed by atoms with van der Waals surface area (Å²) in [6.45, 7) is 2.64. The minimum absolute atomic E-state index is 0.0439. The molecular formula is C20H17FN2O4. The van der Waals surface area contributed by atoms with Gasteiger partial charge in [0.05, 0.1) is 11.6 Å². The average Bonchev–Trinajstić information content (AvgIpc) is 2.87. The maximum atomic E-state index is 13.3. The number of halogens is 1. The summed E-state index contributed by atoms with van der Waals surface area (Å²) < 4.78 is 13.3. The Kier molecular flexibility index (Phi) is 4.77. The fraction of sp³-hybridized carbons (Fsp3) is 0.150. The summed E-state index contributed by atoms with van der Waals surface area (Å²) in [4.78, 5) is 37.2. The van der Waals surface area contributed by atoms with Crippen LogP contribution < -0.4 is 10.2 Å². The number of ketones is 1. The second-order valence-electron chi connectivity index (χ2n) is 6.18. The number of anilines is 2. The minimum atomic E-state index is -0.873. The lowest BCUT2D eigenvalue weighted by atomic mass is 9.96. The Morgan fingerprint density at radius 1 is 1.04 bits per heavy atom. The van der Waals surface area contributed by atoms with Crippen molar-refractivity contribution in [2.24, 2.45) is 0 Å². The molecule has 0 aromatic heterocycles. The smallest absolute Gasteiger partial charge is 0.294 e. The van der Waals surface area contributed by atoms with Crippen LogP contribution in [-0.4, -0.2) is 22.7 Å². The molecule has 0 fully saturated rings. The number of Topliss-reactive ketones (excluding diaryl/α,β-unsaturated/α-hetero) is 1. The fourth-order valence-electron chi connectivity index (χ4n) is 3.10. The molecular weight excluding hydrogens is 351 g/mol. The van der Waals surface area contributed by atoms with Gasteiger partial charge >= 0.3 is 0 Å². The molecule has 0 spiro atoms. The molecule has 2 aromatic carbocycles. The molecule has 2 N–H and O–H groups in total. The number of hydrogen-bond acceptors (Lipinski definition) is 4. The molecule has 7 heteroatoms. The number of carbonyl (C=O) groups excluding carboxylic acids is 3. The van der Waals surface area contributed by atoms with Crippen LogP contribution in [0.4, 0.5) is 15.8 Å². The molecule has 0 bridgehead atoms. The zero-order valence-corrected chi connectivity index (χ0v) is 14.7. The maximum absolute atomic E-state index is 13.3. The Bertz CT molecular complexity index is 949. The van der Waals surface area contributed by atoms with Gasteiger partial charge in [0.25, 0.3) is 5.91 Å². The highest BCUT2D eigenvalue weighted by atomic mass is 19.1. The topological polar surface area (TPSA) is 86.7 Å². The van der Waals surface area contributed by atoms with Gasteiger partial charge in [0.15, 0.2) is 11.5 Å². The van der Waals surface area contributed by atoms with Gasteiger partial charge in [0, 0.05) is 18.3 Å². The molecule has 2 aromatic rings. The van der Waals surface area contributed by atoms with E-state index in [0.717, 1.165) is 0 Å². The van der Waals surface area contributed by atoms with Crippen molar-refractivity contribution in [2.75, 3.05) is 10.2 Å². The lowest BCUT2D eigenvalue weighted by Crippen LogP contribution is -2.30. The summed E-state index contributed by atoms with van der Waals surface area (Å²) in [6.07, 6.45) is 0. The van der Waals surface area contributed by atoms with E-state index >= 15 is 0 Å². The van der Waals surface area contributed by atoms with Crippen LogP contribution in [-0.2, 0) is 14.4 Å². The first-order valence-electron chi connectivity index (χ1n) is 8.20. The zero-order chi connectivity index (χ0) is 19.7. The lowest BCUT2D eigenvalue weighted by molar-refractivity contribution is -0.117. The number of rotatable bonds is 4. The van der Waals surface area contributed by atoms with Crippen molar-refractivity contribution in [3.8, 4) is 0 Å². The third-order valence-electron chi connectivity index (χ3n) is 4.24. The predicted octanol–water partition coefficient (Wildman–Crippen LogP) is 3.27. The van der Waals surface area contributed by atoms with Crippen LogP contribution >= 0.6 is 0 Å². The Labute approximate surface area is 154 Å². The highest BCUT2D eigenvalue weighted by molar-refractivity contribution is 6.16. The largest absolute Gasteiger partial charge is 0.503 e. The lowest BCUT2D eigenvalue weighted by Gasteiger charge is -2.27. The molecule has 3 rings (SSSR count). The molecule has 1 atom stereocenters. The first kappa shape index (κ1) is 18.3. The number of carbonyl (C=O) groups is 3. The van der Waals surface area contributed by atoms with E-state index in [-0.39, 0.29) is 11.5 Å². The van der Waals surface area contributed by atoms with Gasteiger partial charge in [-0.1, -0.05) is 12.1 Å². The third-order valence-corrected chi connectivity index (χ3v) is 4.24. The highest BCUT2D eigenvalue weighted by Gasteiger charge is 2.43. The van der Waals surface area contributed by atoms with Crippen LogP contribution in [0.25, 0.3) is 0 Å². The van der Waals surface area contributed by atoms with Crippen LogP contribution in [0.2, 0.25) is 0 Å². The van der Waals surface area contributed by atoms with E-state index in [2.05, 4.69) is 5.32 Å². The van der Waals surface area contributed by atoms with E-state index in [1.807, 2.05) is 0 Å². The molecule has 0 aliphatic carbocycles. The third kappa shape index (κ3) is 3.44. The van der Waals surface area contributed by atoms with Crippen molar-refractivity contribution in [3.05, 3.63) is 71.2 Å². The van der Waals surface area contributed by atoms with E-state index < -0.39 is 29.3 Å². The van der Waals surface area contributed by atoms with Crippen molar-refractivity contribution >= 4 is 29.0 Å². The molecule has 0 saturated carbocycles. The van der Waals surface area contributed by atoms with Crippen molar-refractivity contribution < 1.29 is 23.9 Å². The van der Waals surface area contributed by atoms with Crippen LogP contribution in [0, 0.1) is 5.82 Å². The number of amides is 2. The van der Waals surface area contributed by atoms with Gasteiger partial charge in [-0.25, -0.2) is 4.39 Å². The second kappa shape index (κ2) is 7.03. The second-order valence-corrected chi connectivity index (χ2v) is 6.18. The van der Waals surface area contributed by atoms with Crippen molar-refractivity contribution in [2.45, 2.75) is 19.9 Å². The van der Waals surface area contributed by atoms with Gasteiger partial charge in [-0.15, -0.1) is 0 Å². The normalized spacial score (nSPS) is 16.6. The van der Waals surface area contributed by atoms with Crippen molar-refractivity contribution in [1.29, 1.82) is 0 Å². The molecule has 27 heavy (non-hydrogen) atoms. The Balaban J connectivity index is 2.07. The maximum Gasteiger partial charge on any atom is 0.294 e. The summed E-state index contributed by atoms with van der Waals surface area (Å²) in [5.74, 6) is -2.48. The van der Waals surface area contributed by atoms with Gasteiger partial charge in [0.2, 0.25) is 5.91 Å². The van der Waals surface area contributed by atoms with E-state index in [1.54, 1.807) is 24.3 Å². The number of benzene rings is 2. The van der Waals surface area contributed by atoms with Crippen molar-refractivity contribution in [3.63, 3.8) is 0 Å².